The first kappa shape index (κ1) is 17.4. The van der Waals surface area contributed by atoms with Gasteiger partial charge in [0.25, 0.3) is 0 Å². The largest absolute Gasteiger partial charge is 0.384 e. The fourth-order valence-electron chi connectivity index (χ4n) is 1.58. The molecule has 2 nitrogen and oxygen atoms in total. The molecule has 1 atom stereocenters. The Morgan fingerprint density at radius 1 is 1.29 bits per heavy atom. The van der Waals surface area contributed by atoms with Gasteiger partial charge in [0.2, 0.25) is 0 Å². The summed E-state index contributed by atoms with van der Waals surface area (Å²) in [5.41, 5.74) is 0.143. The molecule has 82 valence electrons. The van der Waals surface area contributed by atoms with Crippen LogP contribution in [0.3, 0.4) is 0 Å². The number of hydrogen-bond donors (Lipinski definition) is 1. The number of rotatable bonds is 4. The Kier molecular flexibility index (Phi) is 9.08. The fraction of sp³-hybridized carbons (Fsp3) is 0.909. The second-order valence-electron chi connectivity index (χ2n) is 4.24. The monoisotopic (exact) mass is 325 g/mol. The number of hydrogen-bond acceptors (Lipinski definition) is 2. The van der Waals surface area contributed by atoms with Gasteiger partial charge in [-0.25, -0.2) is 0 Å². The van der Waals surface area contributed by atoms with Crippen LogP contribution in [0.1, 0.15) is 48.0 Å². The Morgan fingerprint density at radius 2 is 1.71 bits per heavy atom. The van der Waals surface area contributed by atoms with Crippen molar-refractivity contribution in [3.63, 3.8) is 0 Å². The Balaban J connectivity index is 0. The maximum absolute atomic E-state index is 10.3. The summed E-state index contributed by atoms with van der Waals surface area (Å²) in [5.74, 6) is 0.222. The van der Waals surface area contributed by atoms with Crippen LogP contribution >= 0.6 is 0 Å². The average Bonchev–Trinajstić information content (AvgIpc) is 2.01. The van der Waals surface area contributed by atoms with Crippen molar-refractivity contribution < 1.29 is 46.9 Å². The van der Waals surface area contributed by atoms with Crippen molar-refractivity contribution in [2.45, 2.75) is 59.6 Å². The van der Waals surface area contributed by atoms with E-state index in [0.717, 1.165) is 12.1 Å². The van der Waals surface area contributed by atoms with Crippen molar-refractivity contribution in [2.24, 2.45) is 10.9 Å². The summed E-state index contributed by atoms with van der Waals surface area (Å²) in [7, 11) is 0. The molecule has 0 heterocycles. The molecular weight excluding hydrogens is 302 g/mol. The standard InChI is InChI=1S/C11H23NO.Ce/c1-7-11(13,8(2)3)10(6)12-9(4)5;/h8-9,13H,7H2,1-6H3;. The van der Waals surface area contributed by atoms with E-state index in [1.807, 2.05) is 41.5 Å². The summed E-state index contributed by atoms with van der Waals surface area (Å²) < 4.78 is 0. The number of aliphatic imine (C=N–C) groups is 1. The second kappa shape index (κ2) is 7.31. The molecule has 0 bridgehead atoms. The maximum atomic E-state index is 10.3. The number of nitrogens with zero attached hydrogens (tertiary/aromatic N) is 1. The van der Waals surface area contributed by atoms with Crippen molar-refractivity contribution in [3.8, 4) is 0 Å². The van der Waals surface area contributed by atoms with Crippen molar-refractivity contribution in [1.82, 2.24) is 0 Å². The van der Waals surface area contributed by atoms with E-state index < -0.39 is 5.60 Å². The molecule has 0 spiro atoms. The van der Waals surface area contributed by atoms with E-state index in [4.69, 9.17) is 0 Å². The predicted molar refractivity (Wildman–Crippen MR) is 58.3 cm³/mol. The van der Waals surface area contributed by atoms with E-state index in [0.29, 0.717) is 0 Å². The topological polar surface area (TPSA) is 32.6 Å². The summed E-state index contributed by atoms with van der Waals surface area (Å²) in [6.07, 6.45) is 0.729. The van der Waals surface area contributed by atoms with Crippen LogP contribution in [0.5, 0.6) is 0 Å². The van der Waals surface area contributed by atoms with Gasteiger partial charge in [-0.15, -0.1) is 0 Å². The molecule has 0 amide bonds. The summed E-state index contributed by atoms with van der Waals surface area (Å²) in [6.45, 7) is 12.0. The van der Waals surface area contributed by atoms with Gasteiger partial charge < -0.3 is 5.11 Å². The molecule has 0 saturated heterocycles. The molecule has 0 aromatic heterocycles. The summed E-state index contributed by atoms with van der Waals surface area (Å²) in [5, 5.41) is 10.3. The van der Waals surface area contributed by atoms with Crippen LogP contribution in [0.15, 0.2) is 4.99 Å². The van der Waals surface area contributed by atoms with Crippen LogP contribution in [0.25, 0.3) is 0 Å². The van der Waals surface area contributed by atoms with Gasteiger partial charge in [-0.1, -0.05) is 20.8 Å². The molecule has 0 aliphatic heterocycles. The van der Waals surface area contributed by atoms with Crippen molar-refractivity contribution in [1.29, 1.82) is 0 Å². The van der Waals surface area contributed by atoms with Gasteiger partial charge >= 0.3 is 0 Å². The Morgan fingerprint density at radius 3 is 1.93 bits per heavy atom. The second-order valence-corrected chi connectivity index (χ2v) is 4.24. The molecule has 0 aromatic carbocycles. The van der Waals surface area contributed by atoms with E-state index in [1.165, 1.54) is 0 Å². The molecule has 0 aliphatic carbocycles. The molecule has 0 rings (SSSR count). The molecule has 14 heavy (non-hydrogen) atoms. The van der Waals surface area contributed by atoms with Crippen molar-refractivity contribution >= 4 is 5.71 Å². The third kappa shape index (κ3) is 4.68. The third-order valence-corrected chi connectivity index (χ3v) is 2.57. The molecule has 0 aliphatic rings. The summed E-state index contributed by atoms with van der Waals surface area (Å²) >= 11 is 0. The molecule has 1 unspecified atom stereocenters. The van der Waals surface area contributed by atoms with Gasteiger partial charge in [-0.2, -0.15) is 0 Å². The molecule has 3 heteroatoms. The van der Waals surface area contributed by atoms with Crippen molar-refractivity contribution in [3.05, 3.63) is 0 Å². The molecule has 0 aromatic rings. The van der Waals surface area contributed by atoms with Gasteiger partial charge in [0, 0.05) is 53.5 Å². The first-order valence-corrected chi connectivity index (χ1v) is 5.11. The molecular formula is C11H23CeNO. The predicted octanol–water partition coefficient (Wildman–Crippen LogP) is 2.65. The minimum atomic E-state index is -0.718. The minimum absolute atomic E-state index is 0. The van der Waals surface area contributed by atoms with E-state index in [1.54, 1.807) is 0 Å². The molecule has 0 fully saturated rings. The van der Waals surface area contributed by atoms with E-state index in [2.05, 4.69) is 4.99 Å². The Hall–Kier alpha value is 1.01. The fourth-order valence-corrected chi connectivity index (χ4v) is 1.58. The summed E-state index contributed by atoms with van der Waals surface area (Å²) in [6, 6.07) is 0.261. The van der Waals surface area contributed by atoms with Crippen LogP contribution in [0.4, 0.5) is 0 Å². The van der Waals surface area contributed by atoms with Gasteiger partial charge in [-0.3, -0.25) is 4.99 Å². The van der Waals surface area contributed by atoms with Gasteiger partial charge in [0.15, 0.2) is 0 Å². The first-order valence-electron chi connectivity index (χ1n) is 5.11. The smallest absolute Gasteiger partial charge is 0.104 e. The number of aliphatic hydroxyl groups is 1. The third-order valence-electron chi connectivity index (χ3n) is 2.57. The van der Waals surface area contributed by atoms with E-state index >= 15 is 0 Å². The first-order chi connectivity index (χ1) is 5.84. The average molecular weight is 325 g/mol. The zero-order chi connectivity index (χ0) is 10.6. The van der Waals surface area contributed by atoms with Crippen LogP contribution in [-0.4, -0.2) is 22.5 Å². The zero-order valence-electron chi connectivity index (χ0n) is 10.3. The van der Waals surface area contributed by atoms with Gasteiger partial charge in [-0.05, 0) is 33.1 Å². The minimum Gasteiger partial charge on any atom is -0.384 e. The zero-order valence-corrected chi connectivity index (χ0v) is 13.4. The Bertz CT molecular complexity index is 190. The van der Waals surface area contributed by atoms with E-state index in [-0.39, 0.29) is 53.7 Å². The van der Waals surface area contributed by atoms with Crippen LogP contribution in [0, 0.1) is 47.7 Å². The van der Waals surface area contributed by atoms with Crippen molar-refractivity contribution in [2.75, 3.05) is 0 Å². The molecule has 0 radical (unpaired) electrons. The molecule has 1 N–H and O–H groups in total. The SMILES string of the molecule is CCC(O)(C(C)=NC(C)C)C(C)C.[Ce]. The maximum Gasteiger partial charge on any atom is 0.104 e. The van der Waals surface area contributed by atoms with Gasteiger partial charge in [0.05, 0.1) is 0 Å². The Labute approximate surface area is 122 Å². The van der Waals surface area contributed by atoms with Crippen LogP contribution < -0.4 is 0 Å². The normalized spacial score (nSPS) is 16.8. The van der Waals surface area contributed by atoms with Crippen LogP contribution in [-0.2, 0) is 0 Å². The summed E-state index contributed by atoms with van der Waals surface area (Å²) in [4.78, 5) is 4.41. The molecule has 0 saturated carbocycles. The van der Waals surface area contributed by atoms with Crippen LogP contribution in [0.2, 0.25) is 0 Å². The van der Waals surface area contributed by atoms with E-state index in [9.17, 15) is 5.11 Å². The quantitative estimate of drug-likeness (QED) is 0.792. The van der Waals surface area contributed by atoms with Gasteiger partial charge in [0.1, 0.15) is 5.60 Å².